The SMILES string of the molecule is CCn1c2c(c3ccccc31)C(=O)c1c(nnn1Cc1ccc(OC)cc1)C2=O. The fraction of sp³-hybridized carbons (Fsp3) is 0.182. The molecule has 4 aromatic rings. The third-order valence-corrected chi connectivity index (χ3v) is 5.39. The number of rotatable bonds is 4. The average Bonchev–Trinajstić information content (AvgIpc) is 3.32. The number of aromatic nitrogens is 4. The minimum atomic E-state index is -0.256. The lowest BCUT2D eigenvalue weighted by Crippen LogP contribution is -2.25. The molecule has 29 heavy (non-hydrogen) atoms. The van der Waals surface area contributed by atoms with Crippen LogP contribution in [0.1, 0.15) is 44.7 Å². The summed E-state index contributed by atoms with van der Waals surface area (Å²) in [6.07, 6.45) is 0. The number of ether oxygens (including phenoxy) is 1. The molecule has 2 heterocycles. The molecule has 7 heteroatoms. The van der Waals surface area contributed by atoms with E-state index in [0.29, 0.717) is 24.3 Å². The van der Waals surface area contributed by atoms with Crippen LogP contribution in [0.2, 0.25) is 0 Å². The standard InChI is InChI=1S/C22H18N4O3/c1-3-25-16-7-5-4-6-15(16)17-19(25)22(28)18-20(21(17)27)26(24-23-18)12-13-8-10-14(29-2)11-9-13/h4-11H,3,12H2,1-2H3. The summed E-state index contributed by atoms with van der Waals surface area (Å²) in [5.41, 5.74) is 3.02. The van der Waals surface area contributed by atoms with Crippen LogP contribution >= 0.6 is 0 Å². The zero-order valence-electron chi connectivity index (χ0n) is 16.0. The van der Waals surface area contributed by atoms with Crippen LogP contribution in [0.3, 0.4) is 0 Å². The Kier molecular flexibility index (Phi) is 3.84. The molecule has 0 radical (unpaired) electrons. The molecule has 0 amide bonds. The van der Waals surface area contributed by atoms with Gasteiger partial charge in [-0.15, -0.1) is 5.10 Å². The number of fused-ring (bicyclic) bond motifs is 4. The first-order valence-corrected chi connectivity index (χ1v) is 9.41. The Morgan fingerprint density at radius 1 is 0.966 bits per heavy atom. The fourth-order valence-electron chi connectivity index (χ4n) is 4.03. The van der Waals surface area contributed by atoms with E-state index in [1.807, 2.05) is 60.0 Å². The molecule has 2 aromatic heterocycles. The van der Waals surface area contributed by atoms with Crippen LogP contribution < -0.4 is 4.74 Å². The number of ketones is 2. The minimum absolute atomic E-state index is 0.119. The number of para-hydroxylation sites is 1. The zero-order valence-corrected chi connectivity index (χ0v) is 16.0. The van der Waals surface area contributed by atoms with Crippen molar-refractivity contribution in [1.29, 1.82) is 0 Å². The Hall–Kier alpha value is -3.74. The second-order valence-corrected chi connectivity index (χ2v) is 6.94. The first-order valence-electron chi connectivity index (χ1n) is 9.41. The normalized spacial score (nSPS) is 12.9. The van der Waals surface area contributed by atoms with Crippen molar-refractivity contribution in [2.75, 3.05) is 7.11 Å². The summed E-state index contributed by atoms with van der Waals surface area (Å²) >= 11 is 0. The molecule has 2 aromatic carbocycles. The molecule has 1 aliphatic carbocycles. The van der Waals surface area contributed by atoms with Crippen molar-refractivity contribution in [3.8, 4) is 5.75 Å². The van der Waals surface area contributed by atoms with E-state index >= 15 is 0 Å². The third kappa shape index (κ3) is 2.44. The van der Waals surface area contributed by atoms with E-state index in [-0.39, 0.29) is 23.0 Å². The van der Waals surface area contributed by atoms with E-state index in [1.54, 1.807) is 7.11 Å². The molecular formula is C22H18N4O3. The van der Waals surface area contributed by atoms with E-state index in [1.165, 1.54) is 4.68 Å². The van der Waals surface area contributed by atoms with Crippen LogP contribution in [0.25, 0.3) is 10.9 Å². The molecule has 0 atom stereocenters. The Balaban J connectivity index is 1.64. The van der Waals surface area contributed by atoms with Crippen molar-refractivity contribution < 1.29 is 14.3 Å². The first kappa shape index (κ1) is 17.4. The summed E-state index contributed by atoms with van der Waals surface area (Å²) in [6, 6.07) is 15.1. The maximum Gasteiger partial charge on any atom is 0.232 e. The van der Waals surface area contributed by atoms with Crippen molar-refractivity contribution in [3.05, 3.63) is 76.7 Å². The number of aryl methyl sites for hydroxylation is 1. The molecule has 0 aliphatic heterocycles. The lowest BCUT2D eigenvalue weighted by atomic mass is 9.93. The molecule has 7 nitrogen and oxygen atoms in total. The molecular weight excluding hydrogens is 368 g/mol. The van der Waals surface area contributed by atoms with E-state index in [2.05, 4.69) is 10.3 Å². The average molecular weight is 386 g/mol. The molecule has 0 N–H and O–H groups in total. The third-order valence-electron chi connectivity index (χ3n) is 5.39. The van der Waals surface area contributed by atoms with E-state index in [9.17, 15) is 9.59 Å². The van der Waals surface area contributed by atoms with Gasteiger partial charge in [-0.05, 0) is 30.7 Å². The lowest BCUT2D eigenvalue weighted by Gasteiger charge is -2.14. The number of carbonyl (C=O) groups is 2. The van der Waals surface area contributed by atoms with Gasteiger partial charge in [-0.1, -0.05) is 35.5 Å². The molecule has 0 saturated carbocycles. The van der Waals surface area contributed by atoms with Gasteiger partial charge >= 0.3 is 0 Å². The Labute approximate surface area is 166 Å². The van der Waals surface area contributed by atoms with Crippen molar-refractivity contribution in [2.24, 2.45) is 0 Å². The van der Waals surface area contributed by atoms with E-state index in [4.69, 9.17) is 4.74 Å². The quantitative estimate of drug-likeness (QED) is 0.474. The molecule has 0 spiro atoms. The highest BCUT2D eigenvalue weighted by atomic mass is 16.5. The number of hydrogen-bond donors (Lipinski definition) is 0. The monoisotopic (exact) mass is 386 g/mol. The number of carbonyl (C=O) groups excluding carboxylic acids is 2. The number of nitrogens with zero attached hydrogens (tertiary/aromatic N) is 4. The highest BCUT2D eigenvalue weighted by Gasteiger charge is 2.39. The fourth-order valence-corrected chi connectivity index (χ4v) is 4.03. The maximum atomic E-state index is 13.5. The number of benzene rings is 2. The molecule has 144 valence electrons. The first-order chi connectivity index (χ1) is 14.1. The second kappa shape index (κ2) is 6.41. The van der Waals surface area contributed by atoms with Crippen LogP contribution in [-0.4, -0.2) is 38.2 Å². The van der Waals surface area contributed by atoms with Gasteiger partial charge in [0.2, 0.25) is 11.6 Å². The van der Waals surface area contributed by atoms with Crippen LogP contribution in [0.5, 0.6) is 5.75 Å². The Morgan fingerprint density at radius 3 is 2.45 bits per heavy atom. The van der Waals surface area contributed by atoms with Gasteiger partial charge in [0.15, 0.2) is 5.69 Å². The summed E-state index contributed by atoms with van der Waals surface area (Å²) in [5, 5.41) is 8.97. The highest BCUT2D eigenvalue weighted by Crippen LogP contribution is 2.34. The molecule has 0 saturated heterocycles. The van der Waals surface area contributed by atoms with Gasteiger partial charge < -0.3 is 9.30 Å². The van der Waals surface area contributed by atoms with Gasteiger partial charge in [0.05, 0.1) is 19.2 Å². The van der Waals surface area contributed by atoms with Crippen molar-refractivity contribution >= 4 is 22.5 Å². The zero-order chi connectivity index (χ0) is 20.1. The van der Waals surface area contributed by atoms with Crippen LogP contribution in [-0.2, 0) is 13.1 Å². The van der Waals surface area contributed by atoms with Gasteiger partial charge in [-0.25, -0.2) is 4.68 Å². The summed E-state index contributed by atoms with van der Waals surface area (Å²) < 4.78 is 8.58. The van der Waals surface area contributed by atoms with Crippen LogP contribution in [0.15, 0.2) is 48.5 Å². The van der Waals surface area contributed by atoms with Crippen LogP contribution in [0, 0.1) is 0 Å². The predicted molar refractivity (Wildman–Crippen MR) is 107 cm³/mol. The van der Waals surface area contributed by atoms with Crippen molar-refractivity contribution in [1.82, 2.24) is 19.6 Å². The highest BCUT2D eigenvalue weighted by molar-refractivity contribution is 6.31. The molecule has 0 fully saturated rings. The van der Waals surface area contributed by atoms with E-state index in [0.717, 1.165) is 22.2 Å². The van der Waals surface area contributed by atoms with Crippen molar-refractivity contribution in [3.63, 3.8) is 0 Å². The smallest absolute Gasteiger partial charge is 0.232 e. The summed E-state index contributed by atoms with van der Waals surface area (Å²) in [6.45, 7) is 2.89. The van der Waals surface area contributed by atoms with Crippen molar-refractivity contribution in [2.45, 2.75) is 20.0 Å². The van der Waals surface area contributed by atoms with E-state index < -0.39 is 0 Å². The van der Waals surface area contributed by atoms with Crippen LogP contribution in [0.4, 0.5) is 0 Å². The second-order valence-electron chi connectivity index (χ2n) is 6.94. The van der Waals surface area contributed by atoms with Gasteiger partial charge in [-0.3, -0.25) is 9.59 Å². The number of methoxy groups -OCH3 is 1. The number of hydrogen-bond acceptors (Lipinski definition) is 5. The van der Waals surface area contributed by atoms with Gasteiger partial charge in [0.1, 0.15) is 17.1 Å². The molecule has 0 unspecified atom stereocenters. The summed E-state index contributed by atoms with van der Waals surface area (Å²) in [5.74, 6) is 0.280. The maximum absolute atomic E-state index is 13.5. The molecule has 5 rings (SSSR count). The molecule has 1 aliphatic rings. The molecule has 0 bridgehead atoms. The Bertz CT molecular complexity index is 1280. The van der Waals surface area contributed by atoms with Gasteiger partial charge in [-0.2, -0.15) is 0 Å². The minimum Gasteiger partial charge on any atom is -0.497 e. The summed E-state index contributed by atoms with van der Waals surface area (Å²) in [4.78, 5) is 26.7. The van der Waals surface area contributed by atoms with Gasteiger partial charge in [0.25, 0.3) is 0 Å². The lowest BCUT2D eigenvalue weighted by molar-refractivity contribution is 0.0966. The largest absolute Gasteiger partial charge is 0.497 e. The van der Waals surface area contributed by atoms with Gasteiger partial charge in [0, 0.05) is 17.4 Å². The predicted octanol–water partition coefficient (Wildman–Crippen LogP) is 3.09. The topological polar surface area (TPSA) is 79.0 Å². The Morgan fingerprint density at radius 2 is 1.72 bits per heavy atom. The summed E-state index contributed by atoms with van der Waals surface area (Å²) in [7, 11) is 1.61.